The van der Waals surface area contributed by atoms with Crippen molar-refractivity contribution in [2.45, 2.75) is 6.92 Å². The van der Waals surface area contributed by atoms with E-state index in [9.17, 15) is 4.79 Å². The lowest BCUT2D eigenvalue weighted by Crippen LogP contribution is -2.47. The van der Waals surface area contributed by atoms with Gasteiger partial charge < -0.3 is 14.8 Å². The molecule has 0 unspecified atom stereocenters. The average Bonchev–Trinajstić information content (AvgIpc) is 2.91. The minimum atomic E-state index is 0.0898. The van der Waals surface area contributed by atoms with Gasteiger partial charge in [-0.05, 0) is 25.6 Å². The summed E-state index contributed by atoms with van der Waals surface area (Å²) in [6.07, 6.45) is 0. The number of piperazine rings is 1. The molecule has 0 atom stereocenters. The van der Waals surface area contributed by atoms with Crippen molar-refractivity contribution in [3.8, 4) is 0 Å². The molecule has 0 saturated carbocycles. The number of fused-ring (bicyclic) bond motifs is 1. The van der Waals surface area contributed by atoms with Crippen molar-refractivity contribution in [3.05, 3.63) is 21.7 Å². The second-order valence-electron chi connectivity index (χ2n) is 5.02. The van der Waals surface area contributed by atoms with E-state index in [1.807, 2.05) is 17.9 Å². The number of likely N-dealkylation sites (N-methyl/N-ethyl adjacent to an activating group) is 1. The molecule has 0 bridgehead atoms. The second kappa shape index (κ2) is 4.81. The van der Waals surface area contributed by atoms with E-state index in [2.05, 4.69) is 16.9 Å². The monoisotopic (exact) mass is 297 g/mol. The van der Waals surface area contributed by atoms with Crippen LogP contribution in [-0.4, -0.2) is 53.9 Å². The molecule has 0 spiro atoms. The smallest absolute Gasteiger partial charge is 0.270 e. The normalized spacial score (nSPS) is 17.3. The Hall–Kier alpha value is -1.04. The molecule has 0 radical (unpaired) electrons. The van der Waals surface area contributed by atoms with E-state index in [0.717, 1.165) is 46.3 Å². The summed E-state index contributed by atoms with van der Waals surface area (Å²) in [6, 6.07) is 1.92. The van der Waals surface area contributed by atoms with Crippen molar-refractivity contribution in [1.29, 1.82) is 0 Å². The molecule has 2 aromatic rings. The Labute approximate surface area is 120 Å². The van der Waals surface area contributed by atoms with Crippen LogP contribution in [0, 0.1) is 6.92 Å². The van der Waals surface area contributed by atoms with Gasteiger partial charge in [-0.2, -0.15) is 0 Å². The number of H-pyrrole nitrogens is 1. The first-order valence-electron chi connectivity index (χ1n) is 6.31. The molecule has 6 heteroatoms. The molecule has 3 heterocycles. The van der Waals surface area contributed by atoms with Gasteiger partial charge in [0, 0.05) is 31.6 Å². The number of rotatable bonds is 1. The summed E-state index contributed by atoms with van der Waals surface area (Å²) >= 11 is 7.58. The third-order valence-electron chi connectivity index (χ3n) is 3.69. The van der Waals surface area contributed by atoms with Gasteiger partial charge in [0.25, 0.3) is 5.91 Å². The number of amides is 1. The fraction of sp³-hybridized carbons (Fsp3) is 0.462. The minimum absolute atomic E-state index is 0.0898. The van der Waals surface area contributed by atoms with Gasteiger partial charge >= 0.3 is 0 Å². The number of hydrogen-bond donors (Lipinski definition) is 1. The molecule has 1 saturated heterocycles. The summed E-state index contributed by atoms with van der Waals surface area (Å²) in [4.78, 5) is 20.7. The highest BCUT2D eigenvalue weighted by Gasteiger charge is 2.22. The second-order valence-corrected chi connectivity index (χ2v) is 6.64. The number of halogens is 1. The van der Waals surface area contributed by atoms with Crippen LogP contribution in [0.5, 0.6) is 0 Å². The van der Waals surface area contributed by atoms with E-state index >= 15 is 0 Å². The van der Waals surface area contributed by atoms with Gasteiger partial charge in [0.1, 0.15) is 10.5 Å². The zero-order valence-corrected chi connectivity index (χ0v) is 12.6. The summed E-state index contributed by atoms with van der Waals surface area (Å²) in [6.45, 7) is 5.44. The zero-order chi connectivity index (χ0) is 13.6. The van der Waals surface area contributed by atoms with Gasteiger partial charge in [0.2, 0.25) is 0 Å². The Morgan fingerprint density at radius 2 is 2.05 bits per heavy atom. The van der Waals surface area contributed by atoms with Crippen LogP contribution in [0.2, 0.25) is 4.34 Å². The van der Waals surface area contributed by atoms with Crippen LogP contribution in [0.15, 0.2) is 6.07 Å². The highest BCUT2D eigenvalue weighted by atomic mass is 35.5. The molecule has 0 aromatic carbocycles. The lowest BCUT2D eigenvalue weighted by molar-refractivity contribution is 0.0659. The molecule has 4 nitrogen and oxygen atoms in total. The standard InChI is InChI=1S/C13H16ClN3OS/c1-8-9-7-10(15-12(9)19-11(8)14)13(18)17-5-3-16(2)4-6-17/h7,15H,3-6H2,1-2H3. The van der Waals surface area contributed by atoms with Gasteiger partial charge in [0.05, 0.1) is 4.34 Å². The highest BCUT2D eigenvalue weighted by Crippen LogP contribution is 2.34. The third kappa shape index (κ3) is 2.26. The third-order valence-corrected chi connectivity index (χ3v) is 5.22. The maximum absolute atomic E-state index is 12.4. The number of aromatic amines is 1. The van der Waals surface area contributed by atoms with Gasteiger partial charge in [-0.1, -0.05) is 11.6 Å². The average molecular weight is 298 g/mol. The van der Waals surface area contributed by atoms with Gasteiger partial charge in [-0.15, -0.1) is 11.3 Å². The Balaban J connectivity index is 1.85. The summed E-state index contributed by atoms with van der Waals surface area (Å²) in [5.74, 6) is 0.0898. The van der Waals surface area contributed by atoms with Crippen molar-refractivity contribution < 1.29 is 4.79 Å². The number of aryl methyl sites for hydroxylation is 1. The van der Waals surface area contributed by atoms with Crippen LogP contribution in [-0.2, 0) is 0 Å². The van der Waals surface area contributed by atoms with Crippen molar-refractivity contribution in [3.63, 3.8) is 0 Å². The van der Waals surface area contributed by atoms with Crippen LogP contribution >= 0.6 is 22.9 Å². The molecule has 102 valence electrons. The fourth-order valence-corrected chi connectivity index (χ4v) is 3.62. The van der Waals surface area contributed by atoms with Crippen LogP contribution in [0.25, 0.3) is 10.2 Å². The predicted molar refractivity (Wildman–Crippen MR) is 79.3 cm³/mol. The van der Waals surface area contributed by atoms with Gasteiger partial charge in [0.15, 0.2) is 0 Å². The molecule has 1 N–H and O–H groups in total. The van der Waals surface area contributed by atoms with Crippen LogP contribution < -0.4 is 0 Å². The zero-order valence-electron chi connectivity index (χ0n) is 11.0. The van der Waals surface area contributed by atoms with Gasteiger partial charge in [-0.25, -0.2) is 0 Å². The van der Waals surface area contributed by atoms with Crippen molar-refractivity contribution in [2.75, 3.05) is 33.2 Å². The number of aromatic nitrogens is 1. The van der Waals surface area contributed by atoms with E-state index in [0.29, 0.717) is 5.69 Å². The Kier molecular flexibility index (Phi) is 3.28. The van der Waals surface area contributed by atoms with E-state index < -0.39 is 0 Å². The quantitative estimate of drug-likeness (QED) is 0.879. The maximum Gasteiger partial charge on any atom is 0.270 e. The summed E-state index contributed by atoms with van der Waals surface area (Å²) in [5, 5.41) is 1.06. The molecule has 19 heavy (non-hydrogen) atoms. The molecular weight excluding hydrogens is 282 g/mol. The van der Waals surface area contributed by atoms with E-state index in [-0.39, 0.29) is 5.91 Å². The summed E-state index contributed by atoms with van der Waals surface area (Å²) in [7, 11) is 2.08. The Morgan fingerprint density at radius 3 is 2.68 bits per heavy atom. The lowest BCUT2D eigenvalue weighted by atomic mass is 10.2. The molecule has 3 rings (SSSR count). The number of carbonyl (C=O) groups is 1. The fourth-order valence-electron chi connectivity index (χ4n) is 2.36. The molecule has 1 aliphatic heterocycles. The first-order valence-corrected chi connectivity index (χ1v) is 7.51. The number of hydrogen-bond acceptors (Lipinski definition) is 3. The Morgan fingerprint density at radius 1 is 1.37 bits per heavy atom. The van der Waals surface area contributed by atoms with Crippen molar-refractivity contribution in [1.82, 2.24) is 14.8 Å². The number of thiophene rings is 1. The topological polar surface area (TPSA) is 39.3 Å². The minimum Gasteiger partial charge on any atom is -0.342 e. The molecule has 2 aromatic heterocycles. The SMILES string of the molecule is Cc1c(Cl)sc2[nH]c(C(=O)N3CCN(C)CC3)cc12. The first-order chi connectivity index (χ1) is 9.06. The number of carbonyl (C=O) groups excluding carboxylic acids is 1. The maximum atomic E-state index is 12.4. The number of nitrogens with one attached hydrogen (secondary N) is 1. The van der Waals surface area contributed by atoms with Gasteiger partial charge in [-0.3, -0.25) is 4.79 Å². The van der Waals surface area contributed by atoms with Crippen LogP contribution in [0.3, 0.4) is 0 Å². The first kappa shape index (κ1) is 13.0. The summed E-state index contributed by atoms with van der Waals surface area (Å²) < 4.78 is 0.792. The summed E-state index contributed by atoms with van der Waals surface area (Å²) in [5.41, 5.74) is 1.72. The van der Waals surface area contributed by atoms with Crippen LogP contribution in [0.1, 0.15) is 16.1 Å². The van der Waals surface area contributed by atoms with Crippen molar-refractivity contribution >= 4 is 39.1 Å². The molecule has 0 aliphatic carbocycles. The van der Waals surface area contributed by atoms with Crippen LogP contribution in [0.4, 0.5) is 0 Å². The van der Waals surface area contributed by atoms with Crippen molar-refractivity contribution in [2.24, 2.45) is 0 Å². The largest absolute Gasteiger partial charge is 0.342 e. The molecular formula is C13H16ClN3OS. The molecule has 1 fully saturated rings. The predicted octanol–water partition coefficient (Wildman–Crippen LogP) is 2.58. The van der Waals surface area contributed by atoms with E-state index in [1.165, 1.54) is 11.3 Å². The van der Waals surface area contributed by atoms with E-state index in [4.69, 9.17) is 11.6 Å². The highest BCUT2D eigenvalue weighted by molar-refractivity contribution is 7.22. The lowest BCUT2D eigenvalue weighted by Gasteiger charge is -2.32. The number of nitrogens with zero attached hydrogens (tertiary/aromatic N) is 2. The molecule has 1 aliphatic rings. The van der Waals surface area contributed by atoms with E-state index in [1.54, 1.807) is 0 Å². The Bertz CT molecular complexity index is 625. The molecule has 1 amide bonds.